The van der Waals surface area contributed by atoms with Crippen LogP contribution in [0.1, 0.15) is 39.7 Å². The van der Waals surface area contributed by atoms with Gasteiger partial charge in [0.25, 0.3) is 0 Å². The number of amides is 1. The molecule has 0 fully saturated rings. The van der Waals surface area contributed by atoms with Gasteiger partial charge in [0.2, 0.25) is 0 Å². The van der Waals surface area contributed by atoms with Gasteiger partial charge in [0.1, 0.15) is 17.2 Å². The first-order valence-corrected chi connectivity index (χ1v) is 8.12. The lowest BCUT2D eigenvalue weighted by atomic mass is 10.1. The van der Waals surface area contributed by atoms with Crippen LogP contribution in [0, 0.1) is 5.82 Å². The molecule has 1 aromatic carbocycles. The third kappa shape index (κ3) is 7.41. The Bertz CT molecular complexity index is 598. The molecule has 0 spiro atoms. The van der Waals surface area contributed by atoms with E-state index in [1.54, 1.807) is 26.8 Å². The van der Waals surface area contributed by atoms with E-state index in [0.717, 1.165) is 0 Å². The summed E-state index contributed by atoms with van der Waals surface area (Å²) < 4.78 is 29.3. The Morgan fingerprint density at radius 3 is 2.56 bits per heavy atom. The van der Waals surface area contributed by atoms with E-state index in [4.69, 9.17) is 9.47 Å². The van der Waals surface area contributed by atoms with Crippen LogP contribution >= 0.6 is 0 Å². The normalized spacial score (nSPS) is 12.2. The lowest BCUT2D eigenvalue weighted by molar-refractivity contribution is -0.147. The molecule has 1 N–H and O–H groups in total. The summed E-state index contributed by atoms with van der Waals surface area (Å²) in [5.41, 5.74) is -0.218. The molecule has 1 aromatic rings. The molecule has 1 rings (SSSR count). The molecule has 0 bridgehead atoms. The van der Waals surface area contributed by atoms with Crippen LogP contribution in [0.3, 0.4) is 0 Å². The SMILES string of the molecule is COC(=O)[C@@H](C)Oc1cccc(F)c1CCCNC(=O)OC(C)(C)C. The van der Waals surface area contributed by atoms with Crippen molar-refractivity contribution in [2.24, 2.45) is 0 Å². The quantitative estimate of drug-likeness (QED) is 0.600. The topological polar surface area (TPSA) is 73.9 Å². The largest absolute Gasteiger partial charge is 0.479 e. The number of rotatable bonds is 7. The van der Waals surface area contributed by atoms with Crippen LogP contribution in [0.15, 0.2) is 18.2 Å². The standard InChI is InChI=1S/C18H26FNO5/c1-12(16(21)23-5)24-15-10-6-9-14(19)13(15)8-7-11-20-17(22)25-18(2,3)4/h6,9-10,12H,7-8,11H2,1-5H3,(H,20,22)/t12-/m1/s1. The van der Waals surface area contributed by atoms with Crippen molar-refractivity contribution in [2.45, 2.75) is 52.2 Å². The second-order valence-electron chi connectivity index (χ2n) is 6.53. The molecule has 1 amide bonds. The van der Waals surface area contributed by atoms with Crippen molar-refractivity contribution in [3.8, 4) is 5.75 Å². The average molecular weight is 355 g/mol. The maximum Gasteiger partial charge on any atom is 0.407 e. The van der Waals surface area contributed by atoms with Gasteiger partial charge in [-0.25, -0.2) is 14.0 Å². The number of nitrogens with one attached hydrogen (secondary N) is 1. The lowest BCUT2D eigenvalue weighted by Crippen LogP contribution is -2.33. The van der Waals surface area contributed by atoms with E-state index in [0.29, 0.717) is 24.9 Å². The molecule has 7 heteroatoms. The first-order valence-electron chi connectivity index (χ1n) is 8.12. The van der Waals surface area contributed by atoms with E-state index in [2.05, 4.69) is 10.1 Å². The molecule has 0 unspecified atom stereocenters. The Balaban J connectivity index is 2.61. The van der Waals surface area contributed by atoms with Crippen LogP contribution < -0.4 is 10.1 Å². The van der Waals surface area contributed by atoms with Gasteiger partial charge in [0.15, 0.2) is 6.10 Å². The highest BCUT2D eigenvalue weighted by Crippen LogP contribution is 2.24. The van der Waals surface area contributed by atoms with Crippen LogP contribution in [-0.2, 0) is 20.7 Å². The van der Waals surface area contributed by atoms with E-state index < -0.39 is 29.6 Å². The van der Waals surface area contributed by atoms with Crippen LogP contribution in [0.5, 0.6) is 5.75 Å². The maximum atomic E-state index is 14.1. The number of benzene rings is 1. The van der Waals surface area contributed by atoms with Crippen LogP contribution in [0.4, 0.5) is 9.18 Å². The maximum absolute atomic E-state index is 14.1. The molecule has 0 heterocycles. The molecule has 140 valence electrons. The van der Waals surface area contributed by atoms with Gasteiger partial charge < -0.3 is 19.5 Å². The highest BCUT2D eigenvalue weighted by Gasteiger charge is 2.19. The van der Waals surface area contributed by atoms with Crippen molar-refractivity contribution >= 4 is 12.1 Å². The van der Waals surface area contributed by atoms with Crippen molar-refractivity contribution in [1.82, 2.24) is 5.32 Å². The highest BCUT2D eigenvalue weighted by atomic mass is 19.1. The van der Waals surface area contributed by atoms with E-state index in [9.17, 15) is 14.0 Å². The van der Waals surface area contributed by atoms with Gasteiger partial charge in [0.05, 0.1) is 7.11 Å². The fourth-order valence-electron chi connectivity index (χ4n) is 2.07. The number of esters is 1. The fraction of sp³-hybridized carbons (Fsp3) is 0.556. The Morgan fingerprint density at radius 2 is 1.96 bits per heavy atom. The summed E-state index contributed by atoms with van der Waals surface area (Å²) in [5.74, 6) is -0.677. The average Bonchev–Trinajstić information content (AvgIpc) is 2.50. The molecule has 0 radical (unpaired) electrons. The minimum atomic E-state index is -0.842. The van der Waals surface area contributed by atoms with Crippen LogP contribution in [0.2, 0.25) is 0 Å². The number of hydrogen-bond acceptors (Lipinski definition) is 5. The number of carbonyl (C=O) groups is 2. The molecule has 0 aromatic heterocycles. The smallest absolute Gasteiger partial charge is 0.407 e. The number of ether oxygens (including phenoxy) is 3. The Labute approximate surface area is 147 Å². The molecule has 6 nitrogen and oxygen atoms in total. The molecule has 0 saturated heterocycles. The summed E-state index contributed by atoms with van der Waals surface area (Å²) in [6, 6.07) is 4.43. The van der Waals surface area contributed by atoms with Gasteiger partial charge in [-0.2, -0.15) is 0 Å². The van der Waals surface area contributed by atoms with E-state index >= 15 is 0 Å². The number of hydrogen-bond donors (Lipinski definition) is 1. The van der Waals surface area contributed by atoms with E-state index in [1.165, 1.54) is 26.2 Å². The summed E-state index contributed by atoms with van der Waals surface area (Å²) in [6.07, 6.45) is -0.531. The predicted octanol–water partition coefficient (Wildman–Crippen LogP) is 3.22. The summed E-state index contributed by atoms with van der Waals surface area (Å²) >= 11 is 0. The molecule has 0 aliphatic rings. The van der Waals surface area contributed by atoms with Gasteiger partial charge in [-0.1, -0.05) is 6.07 Å². The van der Waals surface area contributed by atoms with E-state index in [1.807, 2.05) is 0 Å². The van der Waals surface area contributed by atoms with Crippen molar-refractivity contribution in [3.63, 3.8) is 0 Å². The fourth-order valence-corrected chi connectivity index (χ4v) is 2.07. The molecule has 0 aliphatic heterocycles. The molecule has 1 atom stereocenters. The molecule has 0 aliphatic carbocycles. The molecular weight excluding hydrogens is 329 g/mol. The molecule has 0 saturated carbocycles. The summed E-state index contributed by atoms with van der Waals surface area (Å²) in [5, 5.41) is 2.62. The summed E-state index contributed by atoms with van der Waals surface area (Å²) in [7, 11) is 1.26. The first kappa shape index (κ1) is 20.7. The second kappa shape index (κ2) is 9.25. The van der Waals surface area contributed by atoms with Gasteiger partial charge >= 0.3 is 12.1 Å². The first-order chi connectivity index (χ1) is 11.6. The number of alkyl carbamates (subject to hydrolysis) is 1. The van der Waals surface area contributed by atoms with Crippen molar-refractivity contribution in [2.75, 3.05) is 13.7 Å². The molecular formula is C18H26FNO5. The summed E-state index contributed by atoms with van der Waals surface area (Å²) in [6.45, 7) is 7.19. The zero-order chi connectivity index (χ0) is 19.0. The van der Waals surface area contributed by atoms with Gasteiger partial charge in [-0.3, -0.25) is 0 Å². The minimum absolute atomic E-state index is 0.287. The zero-order valence-corrected chi connectivity index (χ0v) is 15.3. The van der Waals surface area contributed by atoms with E-state index in [-0.39, 0.29) is 5.75 Å². The van der Waals surface area contributed by atoms with Crippen molar-refractivity contribution in [3.05, 3.63) is 29.6 Å². The summed E-state index contributed by atoms with van der Waals surface area (Å²) in [4.78, 5) is 23.0. The monoisotopic (exact) mass is 355 g/mol. The number of methoxy groups -OCH3 is 1. The third-order valence-corrected chi connectivity index (χ3v) is 3.18. The van der Waals surface area contributed by atoms with Gasteiger partial charge in [0, 0.05) is 12.1 Å². The van der Waals surface area contributed by atoms with Crippen LogP contribution in [0.25, 0.3) is 0 Å². The third-order valence-electron chi connectivity index (χ3n) is 3.18. The van der Waals surface area contributed by atoms with Gasteiger partial charge in [-0.05, 0) is 52.7 Å². The van der Waals surface area contributed by atoms with Gasteiger partial charge in [-0.15, -0.1) is 0 Å². The Kier molecular flexibility index (Phi) is 7.67. The highest BCUT2D eigenvalue weighted by molar-refractivity contribution is 5.74. The Hall–Kier alpha value is -2.31. The van der Waals surface area contributed by atoms with Crippen LogP contribution in [-0.4, -0.2) is 37.4 Å². The second-order valence-corrected chi connectivity index (χ2v) is 6.53. The zero-order valence-electron chi connectivity index (χ0n) is 15.3. The lowest BCUT2D eigenvalue weighted by Gasteiger charge is -2.20. The van der Waals surface area contributed by atoms with Crippen molar-refractivity contribution < 1.29 is 28.2 Å². The minimum Gasteiger partial charge on any atom is -0.479 e. The number of carbonyl (C=O) groups excluding carboxylic acids is 2. The van der Waals surface area contributed by atoms with Crippen molar-refractivity contribution in [1.29, 1.82) is 0 Å². The Morgan fingerprint density at radius 1 is 1.28 bits per heavy atom. The number of halogens is 1. The molecule has 25 heavy (non-hydrogen) atoms. The predicted molar refractivity (Wildman–Crippen MR) is 91.1 cm³/mol.